The maximum absolute atomic E-state index is 14.8. The van der Waals surface area contributed by atoms with Crippen molar-refractivity contribution < 1.29 is 9.18 Å². The van der Waals surface area contributed by atoms with E-state index in [0.717, 1.165) is 37.2 Å². The Kier molecular flexibility index (Phi) is 5.40. The Labute approximate surface area is 185 Å². The van der Waals surface area contributed by atoms with E-state index in [1.54, 1.807) is 29.6 Å². The lowest BCUT2D eigenvalue weighted by molar-refractivity contribution is -0.112. The number of piperidine rings is 1. The highest BCUT2D eigenvalue weighted by atomic mass is 19.1. The number of benzene rings is 1. The van der Waals surface area contributed by atoms with Gasteiger partial charge in [-0.3, -0.25) is 14.8 Å². The molecule has 2 aromatic rings. The number of nitrogens with one attached hydrogen (secondary N) is 2. The zero-order chi connectivity index (χ0) is 22.1. The summed E-state index contributed by atoms with van der Waals surface area (Å²) in [7, 11) is 0. The normalized spacial score (nSPS) is 18.2. The van der Waals surface area contributed by atoms with E-state index in [0.29, 0.717) is 29.3 Å². The number of hydrogen-bond donors (Lipinski definition) is 2. The Morgan fingerprint density at radius 3 is 2.91 bits per heavy atom. The summed E-state index contributed by atoms with van der Waals surface area (Å²) < 4.78 is 16.3. The molecule has 4 heterocycles. The number of fused-ring (bicyclic) bond motifs is 2. The van der Waals surface area contributed by atoms with E-state index < -0.39 is 5.82 Å². The maximum Gasteiger partial charge on any atom is 0.260 e. The second kappa shape index (κ2) is 8.51. The number of rotatable bonds is 4. The molecule has 32 heavy (non-hydrogen) atoms. The average Bonchev–Trinajstić information content (AvgIpc) is 3.11. The monoisotopic (exact) mass is 433 g/mol. The zero-order valence-electron chi connectivity index (χ0n) is 17.8. The van der Waals surface area contributed by atoms with Crippen molar-refractivity contribution in [3.63, 3.8) is 0 Å². The van der Waals surface area contributed by atoms with Crippen LogP contribution in [0.3, 0.4) is 0 Å². The van der Waals surface area contributed by atoms with Crippen molar-refractivity contribution in [1.82, 2.24) is 20.1 Å². The summed E-state index contributed by atoms with van der Waals surface area (Å²) in [6.07, 6.45) is 8.59. The number of carbonyl (C=O) groups excluding carboxylic acids is 1. The number of halogens is 1. The molecule has 2 N–H and O–H groups in total. The molecule has 5 rings (SSSR count). The number of carbonyl (C=O) groups is 1. The molecule has 0 saturated carbocycles. The number of nitrogens with zero attached hydrogens (tertiary/aromatic N) is 5. The van der Waals surface area contributed by atoms with Crippen LogP contribution in [0.5, 0.6) is 0 Å². The van der Waals surface area contributed by atoms with Gasteiger partial charge in [0.25, 0.3) is 5.91 Å². The summed E-state index contributed by atoms with van der Waals surface area (Å²) in [5.74, 6) is -0.0678. The minimum absolute atomic E-state index is 0.256. The van der Waals surface area contributed by atoms with E-state index in [9.17, 15) is 9.18 Å². The van der Waals surface area contributed by atoms with Gasteiger partial charge in [-0.25, -0.2) is 9.07 Å². The molecular weight excluding hydrogens is 409 g/mol. The summed E-state index contributed by atoms with van der Waals surface area (Å²) >= 11 is 0. The number of hydrogen-bond acceptors (Lipinski definition) is 6. The van der Waals surface area contributed by atoms with Crippen LogP contribution >= 0.6 is 0 Å². The number of aromatic nitrogens is 2. The van der Waals surface area contributed by atoms with E-state index in [2.05, 4.69) is 20.7 Å². The fourth-order valence-electron chi connectivity index (χ4n) is 4.10. The third-order valence-corrected chi connectivity index (χ3v) is 5.84. The molecule has 0 radical (unpaired) electrons. The second-order valence-electron chi connectivity index (χ2n) is 8.12. The number of aliphatic imine (C=N–C) groups is 1. The van der Waals surface area contributed by atoms with Crippen molar-refractivity contribution in [2.24, 2.45) is 10.1 Å². The Morgan fingerprint density at radius 1 is 1.25 bits per heavy atom. The standard InChI is InChI=1S/C23H24FN7O/c1-15-3-4-21(18(24)11-15)31-22(12-19(29-31)16-5-8-25-9-6-16)28-23(32)17-13-27-30-10-2-7-26-20(17)14-30/h2-4,7,10-13,16,25H,5-6,8-9,14H2,1H3,(H,28,32). The van der Waals surface area contributed by atoms with Crippen LogP contribution in [0.15, 0.2) is 57.9 Å². The van der Waals surface area contributed by atoms with Crippen LogP contribution < -0.4 is 10.6 Å². The molecular formula is C23H24FN7O. The fourth-order valence-corrected chi connectivity index (χ4v) is 4.10. The molecule has 1 saturated heterocycles. The summed E-state index contributed by atoms with van der Waals surface area (Å²) in [6.45, 7) is 4.07. The molecule has 2 bridgehead atoms. The molecule has 0 aliphatic carbocycles. The average molecular weight is 433 g/mol. The van der Waals surface area contributed by atoms with Crippen molar-refractivity contribution in [1.29, 1.82) is 0 Å². The molecule has 0 spiro atoms. The Hall–Kier alpha value is -3.59. The first-order chi connectivity index (χ1) is 15.6. The Morgan fingerprint density at radius 2 is 2.09 bits per heavy atom. The second-order valence-corrected chi connectivity index (χ2v) is 8.12. The van der Waals surface area contributed by atoms with Crippen molar-refractivity contribution >= 4 is 24.2 Å². The molecule has 1 aromatic carbocycles. The molecule has 1 amide bonds. The van der Waals surface area contributed by atoms with Gasteiger partial charge in [-0.05, 0) is 56.6 Å². The lowest BCUT2D eigenvalue weighted by atomic mass is 9.95. The SMILES string of the molecule is Cc1ccc(-n2nc(C3CCNCC3)cc2NC(=O)C2=C3CN(C=CC=N3)N=C2)c(F)c1. The van der Waals surface area contributed by atoms with Gasteiger partial charge in [0.2, 0.25) is 0 Å². The van der Waals surface area contributed by atoms with Crippen LogP contribution in [0.1, 0.15) is 30.0 Å². The summed E-state index contributed by atoms with van der Waals surface area (Å²) in [4.78, 5) is 17.5. The highest BCUT2D eigenvalue weighted by molar-refractivity contribution is 6.18. The summed E-state index contributed by atoms with van der Waals surface area (Å²) in [5, 5.41) is 17.0. The molecule has 8 nitrogen and oxygen atoms in total. The quantitative estimate of drug-likeness (QED) is 0.776. The van der Waals surface area contributed by atoms with Crippen LogP contribution in [0.4, 0.5) is 10.2 Å². The van der Waals surface area contributed by atoms with Crippen LogP contribution in [-0.4, -0.2) is 52.8 Å². The molecule has 3 aliphatic rings. The first kappa shape index (κ1) is 20.3. The summed E-state index contributed by atoms with van der Waals surface area (Å²) in [5.41, 5.74) is 2.95. The van der Waals surface area contributed by atoms with Gasteiger partial charge in [-0.2, -0.15) is 10.2 Å². The number of allylic oxidation sites excluding steroid dienone is 1. The van der Waals surface area contributed by atoms with E-state index in [1.165, 1.54) is 17.0 Å². The van der Waals surface area contributed by atoms with Crippen molar-refractivity contribution in [2.45, 2.75) is 25.7 Å². The molecule has 1 fully saturated rings. The molecule has 0 atom stereocenters. The van der Waals surface area contributed by atoms with E-state index in [-0.39, 0.29) is 11.8 Å². The van der Waals surface area contributed by atoms with Gasteiger partial charge in [0.05, 0.1) is 29.7 Å². The maximum atomic E-state index is 14.8. The molecule has 0 unspecified atom stereocenters. The lowest BCUT2D eigenvalue weighted by Gasteiger charge is -2.20. The smallest absolute Gasteiger partial charge is 0.260 e. The highest BCUT2D eigenvalue weighted by Crippen LogP contribution is 2.29. The third kappa shape index (κ3) is 3.99. The van der Waals surface area contributed by atoms with Crippen molar-refractivity contribution in [3.8, 4) is 5.69 Å². The van der Waals surface area contributed by atoms with E-state index in [1.807, 2.05) is 19.1 Å². The van der Waals surface area contributed by atoms with Crippen LogP contribution in [0.2, 0.25) is 0 Å². The predicted octanol–water partition coefficient (Wildman–Crippen LogP) is 2.88. The van der Waals surface area contributed by atoms with Gasteiger partial charge < -0.3 is 10.6 Å². The minimum Gasteiger partial charge on any atom is -0.317 e. The molecule has 1 aromatic heterocycles. The van der Waals surface area contributed by atoms with E-state index in [4.69, 9.17) is 5.10 Å². The molecule has 3 aliphatic heterocycles. The summed E-state index contributed by atoms with van der Waals surface area (Å²) in [6, 6.07) is 6.83. The first-order valence-corrected chi connectivity index (χ1v) is 10.7. The number of hydrazone groups is 1. The highest BCUT2D eigenvalue weighted by Gasteiger charge is 2.25. The van der Waals surface area contributed by atoms with Crippen LogP contribution in [0.25, 0.3) is 5.69 Å². The number of anilines is 1. The lowest BCUT2D eigenvalue weighted by Crippen LogP contribution is -2.26. The van der Waals surface area contributed by atoms with Gasteiger partial charge in [-0.15, -0.1) is 0 Å². The largest absolute Gasteiger partial charge is 0.317 e. The van der Waals surface area contributed by atoms with Gasteiger partial charge in [0.1, 0.15) is 17.3 Å². The zero-order valence-corrected chi connectivity index (χ0v) is 17.8. The number of amides is 1. The van der Waals surface area contributed by atoms with Crippen molar-refractivity contribution in [3.05, 3.63) is 64.9 Å². The van der Waals surface area contributed by atoms with Crippen molar-refractivity contribution in [2.75, 3.05) is 25.0 Å². The molecule has 164 valence electrons. The third-order valence-electron chi connectivity index (χ3n) is 5.84. The number of aryl methyl sites for hydroxylation is 1. The van der Waals surface area contributed by atoms with Gasteiger partial charge in [-0.1, -0.05) is 6.07 Å². The topological polar surface area (TPSA) is 86.9 Å². The van der Waals surface area contributed by atoms with Crippen LogP contribution in [-0.2, 0) is 4.79 Å². The predicted molar refractivity (Wildman–Crippen MR) is 122 cm³/mol. The van der Waals surface area contributed by atoms with Crippen LogP contribution in [0, 0.1) is 12.7 Å². The minimum atomic E-state index is -0.392. The Balaban J connectivity index is 1.51. The van der Waals surface area contributed by atoms with Gasteiger partial charge in [0.15, 0.2) is 0 Å². The van der Waals surface area contributed by atoms with Gasteiger partial charge >= 0.3 is 0 Å². The first-order valence-electron chi connectivity index (χ1n) is 10.7. The van der Waals surface area contributed by atoms with Gasteiger partial charge in [0, 0.05) is 24.4 Å². The van der Waals surface area contributed by atoms with E-state index >= 15 is 0 Å². The fraction of sp³-hybridized carbons (Fsp3) is 0.304. The molecule has 9 heteroatoms. The Bertz CT molecular complexity index is 1170.